The van der Waals surface area contributed by atoms with Crippen molar-refractivity contribution < 1.29 is 13.2 Å². The average Bonchev–Trinajstić information content (AvgIpc) is 2.48. The molecule has 3 N–H and O–H groups in total. The highest BCUT2D eigenvalue weighted by Gasteiger charge is 2.27. The fraction of sp³-hybridized carbons (Fsp3) is 0.583. The van der Waals surface area contributed by atoms with Gasteiger partial charge < -0.3 is 10.5 Å². The maximum Gasteiger partial charge on any atom is 0.301 e. The summed E-state index contributed by atoms with van der Waals surface area (Å²) < 4.78 is 33.4. The van der Waals surface area contributed by atoms with Crippen molar-refractivity contribution in [3.05, 3.63) is 18.3 Å². The van der Waals surface area contributed by atoms with Crippen LogP contribution in [0, 0.1) is 5.92 Å². The molecule has 1 fully saturated rings. The average molecular weight is 300 g/mol. The Kier molecular flexibility index (Phi) is 4.79. The number of rotatable bonds is 5. The van der Waals surface area contributed by atoms with Crippen LogP contribution in [0.2, 0.25) is 0 Å². The largest absolute Gasteiger partial charge is 0.481 e. The van der Waals surface area contributed by atoms with E-state index in [-0.39, 0.29) is 0 Å². The fourth-order valence-corrected chi connectivity index (χ4v) is 3.40. The zero-order chi connectivity index (χ0) is 14.6. The number of hydrogen-bond acceptors (Lipinski definition) is 5. The normalized spacial score (nSPS) is 17.9. The van der Waals surface area contributed by atoms with Gasteiger partial charge in [-0.25, -0.2) is 4.98 Å². The predicted molar refractivity (Wildman–Crippen MR) is 76.7 cm³/mol. The highest BCUT2D eigenvalue weighted by Crippen LogP contribution is 2.20. The number of nitrogens with zero attached hydrogens (tertiary/aromatic N) is 2. The van der Waals surface area contributed by atoms with Gasteiger partial charge in [0, 0.05) is 19.2 Å². The molecule has 112 valence electrons. The molecule has 0 amide bonds. The highest BCUT2D eigenvalue weighted by molar-refractivity contribution is 7.90. The first kappa shape index (κ1) is 15.0. The quantitative estimate of drug-likeness (QED) is 0.821. The lowest BCUT2D eigenvalue weighted by atomic mass is 9.99. The van der Waals surface area contributed by atoms with Crippen molar-refractivity contribution in [3.63, 3.8) is 0 Å². The summed E-state index contributed by atoms with van der Waals surface area (Å²) >= 11 is 0. The number of anilines is 1. The molecule has 1 aromatic heterocycles. The minimum absolute atomic E-state index is 0.420. The third-order valence-corrected chi connectivity index (χ3v) is 4.98. The van der Waals surface area contributed by atoms with Gasteiger partial charge in [-0.3, -0.25) is 4.72 Å². The molecule has 1 saturated heterocycles. The first-order valence-corrected chi connectivity index (χ1v) is 7.97. The lowest BCUT2D eigenvalue weighted by molar-refractivity contribution is 0.280. The molecule has 0 radical (unpaired) electrons. The fourth-order valence-electron chi connectivity index (χ4n) is 2.16. The second-order valence-electron chi connectivity index (χ2n) is 4.77. The van der Waals surface area contributed by atoms with Crippen molar-refractivity contribution in [1.29, 1.82) is 0 Å². The predicted octanol–water partition coefficient (Wildman–Crippen LogP) is 0.418. The summed E-state index contributed by atoms with van der Waals surface area (Å²) in [6, 6.07) is 3.23. The Hall–Kier alpha value is -1.38. The molecule has 2 heterocycles. The Bertz CT molecular complexity index is 524. The molecule has 1 aliphatic rings. The maximum atomic E-state index is 12.2. The zero-order valence-electron chi connectivity index (χ0n) is 11.4. The van der Waals surface area contributed by atoms with E-state index in [2.05, 4.69) is 9.71 Å². The van der Waals surface area contributed by atoms with Crippen molar-refractivity contribution >= 4 is 15.9 Å². The molecule has 0 saturated carbocycles. The second kappa shape index (κ2) is 6.38. The topological polar surface area (TPSA) is 97.5 Å². The minimum atomic E-state index is -3.53. The van der Waals surface area contributed by atoms with Crippen molar-refractivity contribution in [2.24, 2.45) is 11.7 Å². The van der Waals surface area contributed by atoms with Crippen LogP contribution < -0.4 is 15.2 Å². The van der Waals surface area contributed by atoms with Crippen LogP contribution in [-0.4, -0.2) is 44.5 Å². The molecule has 0 atom stereocenters. The van der Waals surface area contributed by atoms with E-state index in [4.69, 9.17) is 10.5 Å². The summed E-state index contributed by atoms with van der Waals surface area (Å²) in [7, 11) is -2.02. The number of nitrogens with two attached hydrogens (primary N) is 1. The van der Waals surface area contributed by atoms with E-state index >= 15 is 0 Å². The number of ether oxygens (including phenoxy) is 1. The highest BCUT2D eigenvalue weighted by atomic mass is 32.2. The molecular weight excluding hydrogens is 280 g/mol. The summed E-state index contributed by atoms with van der Waals surface area (Å²) in [6.45, 7) is 1.62. The number of piperidine rings is 1. The lowest BCUT2D eigenvalue weighted by Crippen LogP contribution is -2.42. The van der Waals surface area contributed by atoms with Crippen LogP contribution in [0.3, 0.4) is 0 Å². The van der Waals surface area contributed by atoms with Gasteiger partial charge in [0.2, 0.25) is 5.88 Å². The van der Waals surface area contributed by atoms with E-state index in [1.165, 1.54) is 17.6 Å². The molecule has 2 rings (SSSR count). The molecule has 0 spiro atoms. The molecule has 0 bridgehead atoms. The van der Waals surface area contributed by atoms with Gasteiger partial charge in [0.1, 0.15) is 0 Å². The van der Waals surface area contributed by atoms with Crippen LogP contribution in [0.15, 0.2) is 18.3 Å². The van der Waals surface area contributed by atoms with E-state index in [0.717, 1.165) is 12.8 Å². The van der Waals surface area contributed by atoms with Crippen LogP contribution in [-0.2, 0) is 10.2 Å². The molecule has 0 unspecified atom stereocenters. The van der Waals surface area contributed by atoms with Gasteiger partial charge >= 0.3 is 10.2 Å². The number of aromatic nitrogens is 1. The first-order chi connectivity index (χ1) is 9.55. The van der Waals surface area contributed by atoms with Gasteiger partial charge in [0.25, 0.3) is 0 Å². The molecule has 1 aliphatic heterocycles. The third kappa shape index (κ3) is 3.59. The maximum absolute atomic E-state index is 12.2. The molecule has 0 aliphatic carbocycles. The number of pyridine rings is 1. The molecule has 20 heavy (non-hydrogen) atoms. The van der Waals surface area contributed by atoms with Gasteiger partial charge in [-0.05, 0) is 31.4 Å². The number of hydrogen-bond donors (Lipinski definition) is 2. The van der Waals surface area contributed by atoms with Gasteiger partial charge in [0.15, 0.2) is 0 Å². The van der Waals surface area contributed by atoms with Crippen molar-refractivity contribution in [1.82, 2.24) is 9.29 Å². The van der Waals surface area contributed by atoms with Crippen LogP contribution >= 0.6 is 0 Å². The summed E-state index contributed by atoms with van der Waals surface area (Å²) in [4.78, 5) is 3.97. The zero-order valence-corrected chi connectivity index (χ0v) is 12.3. The SMILES string of the molecule is COc1ccc(NS(=O)(=O)N2CCC(CN)CC2)cn1. The number of nitrogens with one attached hydrogen (secondary N) is 1. The summed E-state index contributed by atoms with van der Waals surface area (Å²) in [5, 5.41) is 0. The van der Waals surface area contributed by atoms with E-state index in [1.807, 2.05) is 0 Å². The molecule has 8 heteroatoms. The van der Waals surface area contributed by atoms with E-state index in [9.17, 15) is 8.42 Å². The molecule has 1 aromatic rings. The second-order valence-corrected chi connectivity index (χ2v) is 6.45. The monoisotopic (exact) mass is 300 g/mol. The third-order valence-electron chi connectivity index (χ3n) is 3.44. The first-order valence-electron chi connectivity index (χ1n) is 6.53. The van der Waals surface area contributed by atoms with Gasteiger partial charge in [-0.2, -0.15) is 12.7 Å². The van der Waals surface area contributed by atoms with E-state index < -0.39 is 10.2 Å². The van der Waals surface area contributed by atoms with Crippen molar-refractivity contribution in [3.8, 4) is 5.88 Å². The van der Waals surface area contributed by atoms with Crippen LogP contribution in [0.4, 0.5) is 5.69 Å². The van der Waals surface area contributed by atoms with Crippen LogP contribution in [0.1, 0.15) is 12.8 Å². The van der Waals surface area contributed by atoms with Crippen molar-refractivity contribution in [2.45, 2.75) is 12.8 Å². The molecule has 0 aromatic carbocycles. The van der Waals surface area contributed by atoms with E-state index in [1.54, 1.807) is 12.1 Å². The Morgan fingerprint density at radius 2 is 2.15 bits per heavy atom. The Morgan fingerprint density at radius 1 is 1.45 bits per heavy atom. The van der Waals surface area contributed by atoms with Crippen LogP contribution in [0.25, 0.3) is 0 Å². The van der Waals surface area contributed by atoms with Crippen molar-refractivity contribution in [2.75, 3.05) is 31.5 Å². The smallest absolute Gasteiger partial charge is 0.301 e. The lowest BCUT2D eigenvalue weighted by Gasteiger charge is -2.30. The van der Waals surface area contributed by atoms with Gasteiger partial charge in [-0.15, -0.1) is 0 Å². The Morgan fingerprint density at radius 3 is 2.65 bits per heavy atom. The summed E-state index contributed by atoms with van der Waals surface area (Å²) in [5.41, 5.74) is 6.03. The van der Waals surface area contributed by atoms with E-state index in [0.29, 0.717) is 37.1 Å². The Balaban J connectivity index is 2.00. The number of methoxy groups -OCH3 is 1. The molecule has 7 nitrogen and oxygen atoms in total. The minimum Gasteiger partial charge on any atom is -0.481 e. The Labute approximate surface area is 119 Å². The van der Waals surface area contributed by atoms with Crippen LogP contribution in [0.5, 0.6) is 5.88 Å². The summed E-state index contributed by atoms with van der Waals surface area (Å²) in [6.07, 6.45) is 3.04. The molecular formula is C12H20N4O3S. The van der Waals surface area contributed by atoms with Gasteiger partial charge in [-0.1, -0.05) is 0 Å². The van der Waals surface area contributed by atoms with Gasteiger partial charge in [0.05, 0.1) is 19.0 Å². The summed E-state index contributed by atoms with van der Waals surface area (Å²) in [5.74, 6) is 0.862. The standard InChI is InChI=1S/C12H20N4O3S/c1-19-12-3-2-11(9-14-12)15-20(17,18)16-6-4-10(8-13)5-7-16/h2-3,9-10,15H,4-8,13H2,1H3.